The van der Waals surface area contributed by atoms with E-state index >= 15 is 0 Å². The molecule has 0 bridgehead atoms. The lowest BCUT2D eigenvalue weighted by Crippen LogP contribution is -2.18. The highest BCUT2D eigenvalue weighted by Gasteiger charge is 1.95. The van der Waals surface area contributed by atoms with E-state index in [0.29, 0.717) is 0 Å². The van der Waals surface area contributed by atoms with E-state index in [0.717, 1.165) is 25.2 Å². The Labute approximate surface area is 65.0 Å². The number of carbonyl (C=O) groups excluding carboxylic acids is 1. The fourth-order valence-corrected chi connectivity index (χ4v) is 0.758. The topological polar surface area (TPSA) is 50.4 Å². The summed E-state index contributed by atoms with van der Waals surface area (Å²) in [6.45, 7) is 2.87. The lowest BCUT2D eigenvalue weighted by molar-refractivity contribution is 0.210. The first-order valence-electron chi connectivity index (χ1n) is 3.09. The first kappa shape index (κ1) is 9.58. The number of amides is 1. The molecule has 0 heterocycles. The van der Waals surface area contributed by atoms with Crippen molar-refractivity contribution in [3.05, 3.63) is 0 Å². The van der Waals surface area contributed by atoms with E-state index in [2.05, 4.69) is 14.2 Å². The molecule has 0 aliphatic heterocycles. The second-order valence-corrected chi connectivity index (χ2v) is 2.22. The van der Waals surface area contributed by atoms with Crippen LogP contribution in [0.15, 0.2) is 0 Å². The maximum atomic E-state index is 10.4. The summed E-state index contributed by atoms with van der Waals surface area (Å²) in [7, 11) is 1.52. The van der Waals surface area contributed by atoms with E-state index in [1.54, 1.807) is 0 Å². The van der Waals surface area contributed by atoms with Gasteiger partial charge in [0.25, 0.3) is 0 Å². The molecule has 60 valence electrons. The zero-order valence-electron chi connectivity index (χ0n) is 6.14. The summed E-state index contributed by atoms with van der Waals surface area (Å²) in [5, 5.41) is 2.32. The van der Waals surface area contributed by atoms with Crippen LogP contribution < -0.4 is 10.0 Å². The molecule has 4 nitrogen and oxygen atoms in total. The smallest absolute Gasteiger partial charge is 0.358 e. The van der Waals surface area contributed by atoms with Gasteiger partial charge in [0.15, 0.2) is 0 Å². The first-order chi connectivity index (χ1) is 4.81. The van der Waals surface area contributed by atoms with E-state index in [1.807, 2.05) is 6.92 Å². The van der Waals surface area contributed by atoms with Crippen molar-refractivity contribution < 1.29 is 8.98 Å². The Morgan fingerprint density at radius 1 is 1.70 bits per heavy atom. The minimum absolute atomic E-state index is 0.436. The van der Waals surface area contributed by atoms with Crippen LogP contribution in [0.4, 0.5) is 4.79 Å². The number of carbonyl (C=O) groups is 1. The van der Waals surface area contributed by atoms with Gasteiger partial charge in [-0.25, -0.2) is 9.52 Å². The predicted octanol–water partition coefficient (Wildman–Crippen LogP) is 0.905. The zero-order chi connectivity index (χ0) is 7.82. The van der Waals surface area contributed by atoms with Gasteiger partial charge in [-0.1, -0.05) is 6.92 Å². The number of nitrogens with one attached hydrogen (secondary N) is 2. The molecule has 10 heavy (non-hydrogen) atoms. The van der Waals surface area contributed by atoms with Gasteiger partial charge < -0.3 is 9.50 Å². The summed E-state index contributed by atoms with van der Waals surface area (Å²) < 4.78 is 7.38. The van der Waals surface area contributed by atoms with Gasteiger partial charge in [0.05, 0.1) is 0 Å². The van der Waals surface area contributed by atoms with Crippen molar-refractivity contribution in [1.82, 2.24) is 10.0 Å². The Morgan fingerprint density at radius 2 is 2.40 bits per heavy atom. The average Bonchev–Trinajstić information content (AvgIpc) is 1.98. The lowest BCUT2D eigenvalue weighted by Gasteiger charge is -2.00. The van der Waals surface area contributed by atoms with Gasteiger partial charge >= 0.3 is 6.09 Å². The first-order valence-corrected chi connectivity index (χ1v) is 3.83. The SMILES string of the molecule is CCCNSOC(=O)NC. The van der Waals surface area contributed by atoms with Crippen molar-refractivity contribution in [3.8, 4) is 0 Å². The van der Waals surface area contributed by atoms with E-state index in [9.17, 15) is 4.79 Å². The molecule has 0 aromatic carbocycles. The maximum Gasteiger partial charge on any atom is 0.420 e. The third-order valence-corrected chi connectivity index (χ3v) is 1.29. The molecule has 0 atom stereocenters. The fraction of sp³-hybridized carbons (Fsp3) is 0.800. The van der Waals surface area contributed by atoms with Crippen LogP contribution in [0.2, 0.25) is 0 Å². The summed E-state index contributed by atoms with van der Waals surface area (Å²) in [5.74, 6) is 0. The Bertz CT molecular complexity index is 99.6. The van der Waals surface area contributed by atoms with Crippen LogP contribution in [0.1, 0.15) is 13.3 Å². The summed E-state index contributed by atoms with van der Waals surface area (Å²) in [6, 6.07) is 0. The van der Waals surface area contributed by atoms with E-state index in [4.69, 9.17) is 0 Å². The quantitative estimate of drug-likeness (QED) is 0.368. The molecule has 0 aliphatic rings. The number of hydrogen-bond donors (Lipinski definition) is 2. The van der Waals surface area contributed by atoms with Gasteiger partial charge in [-0.2, -0.15) is 0 Å². The highest BCUT2D eigenvalue weighted by molar-refractivity contribution is 7.93. The summed E-state index contributed by atoms with van der Waals surface area (Å²) in [5.41, 5.74) is 0. The van der Waals surface area contributed by atoms with Crippen molar-refractivity contribution in [2.24, 2.45) is 0 Å². The Morgan fingerprint density at radius 3 is 2.90 bits per heavy atom. The Hall–Kier alpha value is -0.420. The number of hydrogen-bond acceptors (Lipinski definition) is 4. The van der Waals surface area contributed by atoms with Crippen molar-refractivity contribution in [2.45, 2.75) is 13.3 Å². The van der Waals surface area contributed by atoms with Crippen LogP contribution in [-0.4, -0.2) is 19.7 Å². The molecule has 0 unspecified atom stereocenters. The minimum atomic E-state index is -0.436. The van der Waals surface area contributed by atoms with Crippen molar-refractivity contribution >= 4 is 18.3 Å². The van der Waals surface area contributed by atoms with Crippen LogP contribution >= 0.6 is 12.2 Å². The molecule has 0 aromatic rings. The van der Waals surface area contributed by atoms with Crippen LogP contribution in [0.3, 0.4) is 0 Å². The second-order valence-electron chi connectivity index (χ2n) is 1.60. The highest BCUT2D eigenvalue weighted by Crippen LogP contribution is 1.95. The van der Waals surface area contributed by atoms with Gasteiger partial charge in [-0.3, -0.25) is 0 Å². The average molecular weight is 164 g/mol. The van der Waals surface area contributed by atoms with Crippen molar-refractivity contribution in [3.63, 3.8) is 0 Å². The Kier molecular flexibility index (Phi) is 6.42. The second kappa shape index (κ2) is 6.70. The van der Waals surface area contributed by atoms with Crippen LogP contribution in [0.25, 0.3) is 0 Å². The normalized spacial score (nSPS) is 9.00. The molecule has 2 N–H and O–H groups in total. The molecular weight excluding hydrogens is 152 g/mol. The molecule has 0 rings (SSSR count). The lowest BCUT2D eigenvalue weighted by atomic mass is 10.5. The van der Waals surface area contributed by atoms with Gasteiger partial charge in [0.1, 0.15) is 12.2 Å². The fourth-order valence-electron chi connectivity index (χ4n) is 0.253. The predicted molar refractivity (Wildman–Crippen MR) is 41.4 cm³/mol. The Balaban J connectivity index is 2.96. The van der Waals surface area contributed by atoms with Crippen LogP contribution in [-0.2, 0) is 4.18 Å². The molecule has 0 fully saturated rings. The molecule has 0 aliphatic carbocycles. The van der Waals surface area contributed by atoms with Gasteiger partial charge in [0.2, 0.25) is 0 Å². The third-order valence-electron chi connectivity index (χ3n) is 0.732. The molecule has 0 saturated heterocycles. The maximum absolute atomic E-state index is 10.4. The molecule has 5 heteroatoms. The molecule has 1 amide bonds. The summed E-state index contributed by atoms with van der Waals surface area (Å²) in [6.07, 6.45) is 0.581. The largest absolute Gasteiger partial charge is 0.420 e. The molecule has 0 aromatic heterocycles. The standard InChI is InChI=1S/C5H12N2O2S/c1-3-4-7-10-9-5(8)6-2/h7H,3-4H2,1-2H3,(H,6,8). The van der Waals surface area contributed by atoms with Gasteiger partial charge in [-0.15, -0.1) is 0 Å². The summed E-state index contributed by atoms with van der Waals surface area (Å²) >= 11 is 0.948. The van der Waals surface area contributed by atoms with Gasteiger partial charge in [0, 0.05) is 13.6 Å². The van der Waals surface area contributed by atoms with Gasteiger partial charge in [-0.05, 0) is 6.42 Å². The molecular formula is C5H12N2O2S. The molecule has 0 radical (unpaired) electrons. The minimum Gasteiger partial charge on any atom is -0.358 e. The van der Waals surface area contributed by atoms with Crippen LogP contribution in [0, 0.1) is 0 Å². The number of rotatable bonds is 4. The molecule has 0 saturated carbocycles. The summed E-state index contributed by atoms with van der Waals surface area (Å²) in [4.78, 5) is 10.4. The molecule has 0 spiro atoms. The van der Waals surface area contributed by atoms with E-state index in [1.165, 1.54) is 7.05 Å². The zero-order valence-corrected chi connectivity index (χ0v) is 6.96. The van der Waals surface area contributed by atoms with Crippen molar-refractivity contribution in [1.29, 1.82) is 0 Å². The highest BCUT2D eigenvalue weighted by atomic mass is 32.2. The monoisotopic (exact) mass is 164 g/mol. The van der Waals surface area contributed by atoms with Crippen LogP contribution in [0.5, 0.6) is 0 Å². The van der Waals surface area contributed by atoms with E-state index < -0.39 is 6.09 Å². The van der Waals surface area contributed by atoms with E-state index in [-0.39, 0.29) is 0 Å². The van der Waals surface area contributed by atoms with Crippen molar-refractivity contribution in [2.75, 3.05) is 13.6 Å². The third kappa shape index (κ3) is 5.71.